The highest BCUT2D eigenvalue weighted by Crippen LogP contribution is 2.50. The Morgan fingerprint density at radius 2 is 1.84 bits per heavy atom. The summed E-state index contributed by atoms with van der Waals surface area (Å²) in [5.41, 5.74) is -2.40. The van der Waals surface area contributed by atoms with Gasteiger partial charge in [0, 0.05) is 20.6 Å². The molecule has 0 saturated carbocycles. The number of anilines is 1. The van der Waals surface area contributed by atoms with Crippen LogP contribution in [0.4, 0.5) is 5.82 Å². The molecule has 2 unspecified atom stereocenters. The van der Waals surface area contributed by atoms with Crippen molar-refractivity contribution in [3.05, 3.63) is 26.4 Å². The molecule has 1 aromatic rings. The second-order valence-electron chi connectivity index (χ2n) is 6.47. The Kier molecular flexibility index (Phi) is 3.97. The minimum atomic E-state index is -1.48. The molecular formula is C16H21N3O6. The van der Waals surface area contributed by atoms with Gasteiger partial charge >= 0.3 is 17.6 Å². The first-order valence-corrected chi connectivity index (χ1v) is 8.03. The first-order chi connectivity index (χ1) is 11.8. The molecule has 1 aromatic heterocycles. The lowest BCUT2D eigenvalue weighted by molar-refractivity contribution is -0.154. The third-order valence-corrected chi connectivity index (χ3v) is 5.37. The van der Waals surface area contributed by atoms with E-state index in [9.17, 15) is 19.2 Å². The Labute approximate surface area is 143 Å². The molecule has 0 amide bonds. The molecule has 0 radical (unpaired) electrons. The molecule has 25 heavy (non-hydrogen) atoms. The van der Waals surface area contributed by atoms with Crippen molar-refractivity contribution >= 4 is 17.8 Å². The van der Waals surface area contributed by atoms with Crippen molar-refractivity contribution in [1.82, 2.24) is 9.13 Å². The molecule has 3 rings (SSSR count). The Balaban J connectivity index is 2.42. The quantitative estimate of drug-likeness (QED) is 0.647. The lowest BCUT2D eigenvalue weighted by Crippen LogP contribution is -2.52. The Hall–Kier alpha value is -2.58. The number of aromatic nitrogens is 2. The summed E-state index contributed by atoms with van der Waals surface area (Å²) in [5, 5.41) is 0. The number of fused-ring (bicyclic) bond motifs is 3. The number of rotatable bonds is 3. The Bertz CT molecular complexity index is 870. The van der Waals surface area contributed by atoms with E-state index in [4.69, 9.17) is 9.47 Å². The largest absolute Gasteiger partial charge is 0.469 e. The van der Waals surface area contributed by atoms with Gasteiger partial charge in [-0.3, -0.25) is 23.5 Å². The van der Waals surface area contributed by atoms with Gasteiger partial charge < -0.3 is 14.4 Å². The Morgan fingerprint density at radius 1 is 1.16 bits per heavy atom. The standard InChI is InChI=1S/C16H21N3O6/c1-17-12-11(13(21)18(2)15(17)23)16(14(22)25-4,8-10(20)24-3)9-6-5-7-19(9)12/h9H,5-8H2,1-4H3. The van der Waals surface area contributed by atoms with Gasteiger partial charge in [0.1, 0.15) is 11.2 Å². The van der Waals surface area contributed by atoms with Crippen LogP contribution in [0.3, 0.4) is 0 Å². The topological polar surface area (TPSA) is 99.8 Å². The molecule has 0 aromatic carbocycles. The van der Waals surface area contributed by atoms with E-state index in [0.29, 0.717) is 18.8 Å². The predicted molar refractivity (Wildman–Crippen MR) is 87.6 cm³/mol. The number of hydrogen-bond acceptors (Lipinski definition) is 7. The normalized spacial score (nSPS) is 24.0. The third-order valence-electron chi connectivity index (χ3n) is 5.37. The molecule has 0 spiro atoms. The first-order valence-electron chi connectivity index (χ1n) is 8.03. The number of carbonyl (C=O) groups is 2. The number of nitrogens with zero attached hydrogens (tertiary/aromatic N) is 3. The summed E-state index contributed by atoms with van der Waals surface area (Å²) in [4.78, 5) is 52.1. The van der Waals surface area contributed by atoms with Crippen LogP contribution in [0.15, 0.2) is 9.59 Å². The number of carbonyl (C=O) groups excluding carboxylic acids is 2. The van der Waals surface area contributed by atoms with Crippen LogP contribution in [-0.4, -0.2) is 47.9 Å². The summed E-state index contributed by atoms with van der Waals surface area (Å²) in [5.74, 6) is -0.879. The second-order valence-corrected chi connectivity index (χ2v) is 6.47. The summed E-state index contributed by atoms with van der Waals surface area (Å²) < 4.78 is 12.1. The van der Waals surface area contributed by atoms with E-state index in [2.05, 4.69) is 0 Å². The third kappa shape index (κ3) is 2.07. The van der Waals surface area contributed by atoms with Gasteiger partial charge in [0.2, 0.25) is 0 Å². The van der Waals surface area contributed by atoms with Gasteiger partial charge in [-0.25, -0.2) is 4.79 Å². The van der Waals surface area contributed by atoms with Crippen LogP contribution in [0.5, 0.6) is 0 Å². The predicted octanol–water partition coefficient (Wildman–Crippen LogP) is -0.960. The molecule has 9 heteroatoms. The number of hydrogen-bond donors (Lipinski definition) is 0. The second kappa shape index (κ2) is 5.75. The molecule has 2 atom stereocenters. The zero-order valence-electron chi connectivity index (χ0n) is 14.7. The van der Waals surface area contributed by atoms with Crippen LogP contribution in [-0.2, 0) is 38.6 Å². The van der Waals surface area contributed by atoms with Crippen LogP contribution in [0.1, 0.15) is 24.8 Å². The highest BCUT2D eigenvalue weighted by atomic mass is 16.5. The molecule has 1 fully saturated rings. The van der Waals surface area contributed by atoms with Gasteiger partial charge in [0.25, 0.3) is 5.56 Å². The van der Waals surface area contributed by atoms with E-state index >= 15 is 0 Å². The van der Waals surface area contributed by atoms with Crippen LogP contribution in [0, 0.1) is 0 Å². The van der Waals surface area contributed by atoms with Crippen molar-refractivity contribution in [3.8, 4) is 0 Å². The van der Waals surface area contributed by atoms with E-state index in [1.54, 1.807) is 7.05 Å². The van der Waals surface area contributed by atoms with Crippen molar-refractivity contribution < 1.29 is 19.1 Å². The zero-order chi connectivity index (χ0) is 18.5. The van der Waals surface area contributed by atoms with Gasteiger partial charge in [-0.1, -0.05) is 0 Å². The van der Waals surface area contributed by atoms with E-state index < -0.39 is 34.6 Å². The van der Waals surface area contributed by atoms with E-state index in [-0.39, 0.29) is 12.0 Å². The molecule has 2 aliphatic rings. The molecular weight excluding hydrogens is 330 g/mol. The van der Waals surface area contributed by atoms with E-state index in [1.807, 2.05) is 4.90 Å². The van der Waals surface area contributed by atoms with Crippen LogP contribution >= 0.6 is 0 Å². The van der Waals surface area contributed by atoms with Gasteiger partial charge in [-0.15, -0.1) is 0 Å². The maximum Gasteiger partial charge on any atom is 0.332 e. The van der Waals surface area contributed by atoms with Crippen molar-refractivity contribution in [2.24, 2.45) is 14.1 Å². The van der Waals surface area contributed by atoms with Crippen molar-refractivity contribution in [2.45, 2.75) is 30.7 Å². The van der Waals surface area contributed by atoms with Crippen molar-refractivity contribution in [2.75, 3.05) is 25.7 Å². The summed E-state index contributed by atoms with van der Waals surface area (Å²) in [6, 6.07) is -0.422. The molecule has 0 aliphatic carbocycles. The summed E-state index contributed by atoms with van der Waals surface area (Å²) >= 11 is 0. The molecule has 3 heterocycles. The van der Waals surface area contributed by atoms with Crippen molar-refractivity contribution in [1.29, 1.82) is 0 Å². The highest BCUT2D eigenvalue weighted by Gasteiger charge is 2.62. The Morgan fingerprint density at radius 3 is 2.44 bits per heavy atom. The maximum absolute atomic E-state index is 12.9. The fourth-order valence-corrected chi connectivity index (χ4v) is 4.26. The van der Waals surface area contributed by atoms with Gasteiger partial charge in [0.05, 0.1) is 32.2 Å². The van der Waals surface area contributed by atoms with Crippen molar-refractivity contribution in [3.63, 3.8) is 0 Å². The SMILES string of the molecule is COC(=O)CC1(C(=O)OC)c2c(n(C)c(=O)n(C)c2=O)N2CCCC21. The first kappa shape index (κ1) is 17.2. The fourth-order valence-electron chi connectivity index (χ4n) is 4.26. The summed E-state index contributed by atoms with van der Waals surface area (Å²) in [7, 11) is 5.37. The monoisotopic (exact) mass is 351 g/mol. The van der Waals surface area contributed by atoms with Gasteiger partial charge in [0.15, 0.2) is 0 Å². The van der Waals surface area contributed by atoms with Crippen LogP contribution < -0.4 is 16.1 Å². The minimum Gasteiger partial charge on any atom is -0.469 e. The lowest BCUT2D eigenvalue weighted by Gasteiger charge is -2.31. The lowest BCUT2D eigenvalue weighted by atomic mass is 9.73. The minimum absolute atomic E-state index is 0.138. The number of methoxy groups -OCH3 is 2. The average Bonchev–Trinajstić information content (AvgIpc) is 3.18. The highest BCUT2D eigenvalue weighted by molar-refractivity contribution is 5.94. The smallest absolute Gasteiger partial charge is 0.332 e. The molecule has 0 bridgehead atoms. The average molecular weight is 351 g/mol. The van der Waals surface area contributed by atoms with Gasteiger partial charge in [-0.05, 0) is 12.8 Å². The molecule has 136 valence electrons. The van der Waals surface area contributed by atoms with Crippen LogP contribution in [0.25, 0.3) is 0 Å². The summed E-state index contributed by atoms with van der Waals surface area (Å²) in [6.07, 6.45) is 1.09. The van der Waals surface area contributed by atoms with Crippen LogP contribution in [0.2, 0.25) is 0 Å². The maximum atomic E-state index is 12.9. The number of esters is 2. The summed E-state index contributed by atoms with van der Waals surface area (Å²) in [6.45, 7) is 0.595. The molecule has 9 nitrogen and oxygen atoms in total. The zero-order valence-corrected chi connectivity index (χ0v) is 14.7. The fraction of sp³-hybridized carbons (Fsp3) is 0.625. The number of ether oxygens (including phenoxy) is 2. The molecule has 1 saturated heterocycles. The van der Waals surface area contributed by atoms with E-state index in [0.717, 1.165) is 11.0 Å². The molecule has 2 aliphatic heterocycles. The molecule has 0 N–H and O–H groups in total. The van der Waals surface area contributed by atoms with E-state index in [1.165, 1.54) is 25.8 Å². The van der Waals surface area contributed by atoms with Gasteiger partial charge in [-0.2, -0.15) is 0 Å².